The Bertz CT molecular complexity index is 8130. The molecule has 24 rings (SSSR count). The third-order valence-electron chi connectivity index (χ3n) is 25.0. The van der Waals surface area contributed by atoms with Gasteiger partial charge in [-0.3, -0.25) is 0 Å². The van der Waals surface area contributed by atoms with Crippen LogP contribution >= 0.6 is 11.3 Å². The van der Waals surface area contributed by atoms with Crippen molar-refractivity contribution in [2.45, 2.75) is 76.2 Å². The van der Waals surface area contributed by atoms with Crippen molar-refractivity contribution in [3.05, 3.63) is 564 Å². The Morgan fingerprint density at radius 2 is 0.589 bits per heavy atom. The van der Waals surface area contributed by atoms with E-state index in [4.69, 9.17) is 0 Å². The standard InChI is InChI=1S/C21H16.C17H16.2C15H13N3.C15H12.C13H11F.2C13H12.C11H10S/c1-15-13-14-21(19-11-5-4-9-17(15)19)20-12-6-8-16-7-2-3-10-18(16)20;1-11-8-9-16-15-7-5-4-6-14(15)12(2)13(3)17(16)10-11;1-12-6-5-7-13(10-12)15-11-18(17-16-15)14-8-3-2-4-9-14;1-12-7-9-13(10-8-12)15-11-18(17-16-15)14-5-3-2-4-6-14;1-11-6-9-15-13(10-11)8-7-12-4-2-3-5-14(12)15;1-10-2-4-11(5-3-10)12-6-8-13(14)9-7-12;1-11-7-5-6-10-13(11)12-8-3-2-4-9-12;1-11-6-5-9-13(10-11)12-7-3-2-4-8-12;1-9-4-6-10(7-5-9)11-3-2-8-12-11/h2-14H,1H3;4-10H,1-3H3;2*2-11H,1H3;2-10H,1H3;2-9H,1H3;2*2-10H,1H3;2-8H,1H3. The third kappa shape index (κ3) is 25.7. The number of nitrogens with zero attached hydrogens (tertiary/aromatic N) is 6. The average molecular weight is 1850 g/mol. The number of rotatable bonds is 9. The minimum atomic E-state index is -0.194. The molecule has 0 amide bonds. The van der Waals surface area contributed by atoms with Gasteiger partial charge in [0.15, 0.2) is 0 Å². The fraction of sp³-hybridized carbons (Fsp3) is 0.0827. The minimum absolute atomic E-state index is 0.194. The molecule has 21 aromatic carbocycles. The van der Waals surface area contributed by atoms with Crippen molar-refractivity contribution < 1.29 is 4.39 Å². The van der Waals surface area contributed by atoms with Gasteiger partial charge in [-0.2, -0.15) is 0 Å². The zero-order valence-electron chi connectivity index (χ0n) is 81.8. The lowest BCUT2D eigenvalue weighted by Gasteiger charge is -2.12. The Hall–Kier alpha value is -16.9. The van der Waals surface area contributed by atoms with Crippen LogP contribution in [0.4, 0.5) is 4.39 Å². The molecule has 0 saturated carbocycles. The van der Waals surface area contributed by atoms with Crippen molar-refractivity contribution in [3.8, 4) is 88.8 Å². The molecule has 0 unspecified atom stereocenters. The lowest BCUT2D eigenvalue weighted by molar-refractivity contribution is 0.628. The van der Waals surface area contributed by atoms with Gasteiger partial charge in [0, 0.05) is 16.0 Å². The van der Waals surface area contributed by atoms with E-state index in [-0.39, 0.29) is 5.82 Å². The van der Waals surface area contributed by atoms with E-state index in [1.807, 2.05) is 109 Å². The molecule has 690 valence electrons. The normalized spacial score (nSPS) is 10.6. The quantitative estimate of drug-likeness (QED) is 0.135. The number of fused-ring (bicyclic) bond motifs is 8. The molecule has 0 aliphatic rings. The monoisotopic (exact) mass is 1850 g/mol. The Morgan fingerprint density at radius 3 is 1.17 bits per heavy atom. The molecule has 24 aromatic rings. The molecule has 141 heavy (non-hydrogen) atoms. The van der Waals surface area contributed by atoms with Crippen molar-refractivity contribution in [1.29, 1.82) is 0 Å². The van der Waals surface area contributed by atoms with Crippen molar-refractivity contribution >= 4 is 76.0 Å². The first-order valence-electron chi connectivity index (χ1n) is 47.9. The molecule has 3 aromatic heterocycles. The summed E-state index contributed by atoms with van der Waals surface area (Å²) in [4.78, 5) is 1.34. The number of hydrogen-bond acceptors (Lipinski definition) is 5. The van der Waals surface area contributed by atoms with E-state index in [0.29, 0.717) is 0 Å². The topological polar surface area (TPSA) is 61.4 Å². The van der Waals surface area contributed by atoms with Gasteiger partial charge >= 0.3 is 0 Å². The summed E-state index contributed by atoms with van der Waals surface area (Å²) in [6.45, 7) is 23.5. The maximum Gasteiger partial charge on any atom is 0.123 e. The molecule has 0 N–H and O–H groups in total. The van der Waals surface area contributed by atoms with E-state index >= 15 is 0 Å². The van der Waals surface area contributed by atoms with E-state index in [1.54, 1.807) is 32.8 Å². The summed E-state index contributed by atoms with van der Waals surface area (Å²) >= 11 is 1.78. The van der Waals surface area contributed by atoms with Gasteiger partial charge in [-0.1, -0.05) is 480 Å². The summed E-state index contributed by atoms with van der Waals surface area (Å²) in [5, 5.41) is 34.9. The van der Waals surface area contributed by atoms with Gasteiger partial charge < -0.3 is 0 Å². The molecule has 3 heterocycles. The maximum atomic E-state index is 12.7. The number of thiophene rings is 1. The zero-order chi connectivity index (χ0) is 97.8. The van der Waals surface area contributed by atoms with Crippen molar-refractivity contribution in [3.63, 3.8) is 0 Å². The van der Waals surface area contributed by atoms with E-state index in [1.165, 1.54) is 182 Å². The van der Waals surface area contributed by atoms with Crippen LogP contribution < -0.4 is 0 Å². The second-order valence-corrected chi connectivity index (χ2v) is 36.4. The van der Waals surface area contributed by atoms with Crippen LogP contribution in [0.5, 0.6) is 0 Å². The van der Waals surface area contributed by atoms with Crippen LogP contribution in [-0.4, -0.2) is 30.0 Å². The summed E-state index contributed by atoms with van der Waals surface area (Å²) in [6, 6.07) is 165. The van der Waals surface area contributed by atoms with Crippen LogP contribution in [0, 0.1) is 82.0 Å². The van der Waals surface area contributed by atoms with Gasteiger partial charge in [-0.05, 0) is 267 Å². The zero-order valence-corrected chi connectivity index (χ0v) is 82.6. The van der Waals surface area contributed by atoms with Crippen molar-refractivity contribution in [1.82, 2.24) is 30.0 Å². The van der Waals surface area contributed by atoms with Crippen LogP contribution in [0.3, 0.4) is 0 Å². The summed E-state index contributed by atoms with van der Waals surface area (Å²) in [6.07, 6.45) is 3.89. The highest BCUT2D eigenvalue weighted by atomic mass is 32.1. The molecule has 6 nitrogen and oxygen atoms in total. The summed E-state index contributed by atoms with van der Waals surface area (Å²) in [5.41, 5.74) is 31.7. The van der Waals surface area contributed by atoms with Crippen LogP contribution in [0.15, 0.2) is 497 Å². The lowest BCUT2D eigenvalue weighted by Crippen LogP contribution is -1.93. The predicted octanol–water partition coefficient (Wildman–Crippen LogP) is 36.5. The van der Waals surface area contributed by atoms with Crippen molar-refractivity contribution in [2.24, 2.45) is 0 Å². The van der Waals surface area contributed by atoms with Crippen LogP contribution in [0.2, 0.25) is 0 Å². The van der Waals surface area contributed by atoms with Gasteiger partial charge in [0.1, 0.15) is 17.2 Å². The molecule has 0 saturated heterocycles. The highest BCUT2D eigenvalue weighted by Crippen LogP contribution is 2.38. The Labute approximate surface area is 833 Å². The second kappa shape index (κ2) is 47.7. The van der Waals surface area contributed by atoms with Gasteiger partial charge in [0.2, 0.25) is 0 Å². The molecular weight excluding hydrogens is 1730 g/mol. The van der Waals surface area contributed by atoms with E-state index in [0.717, 1.165) is 45.0 Å². The van der Waals surface area contributed by atoms with Crippen LogP contribution in [0.1, 0.15) is 61.2 Å². The first-order valence-corrected chi connectivity index (χ1v) is 48.8. The van der Waals surface area contributed by atoms with E-state index < -0.39 is 0 Å². The molecule has 0 aliphatic carbocycles. The summed E-state index contributed by atoms with van der Waals surface area (Å²) in [7, 11) is 0. The fourth-order valence-corrected chi connectivity index (χ4v) is 17.9. The number of para-hydroxylation sites is 2. The molecule has 0 bridgehead atoms. The van der Waals surface area contributed by atoms with Gasteiger partial charge in [-0.25, -0.2) is 13.8 Å². The molecule has 0 aliphatic heterocycles. The Morgan fingerprint density at radius 1 is 0.206 bits per heavy atom. The van der Waals surface area contributed by atoms with E-state index in [2.05, 4.69) is 460 Å². The highest BCUT2D eigenvalue weighted by Gasteiger charge is 2.14. The summed E-state index contributed by atoms with van der Waals surface area (Å²) < 4.78 is 16.2. The molecule has 0 fully saturated rings. The molecule has 8 heteroatoms. The van der Waals surface area contributed by atoms with E-state index in [9.17, 15) is 4.39 Å². The Balaban J connectivity index is 0.000000115. The average Bonchev–Trinajstić information content (AvgIpc) is 1.41. The van der Waals surface area contributed by atoms with Gasteiger partial charge in [-0.15, -0.1) is 21.5 Å². The largest absolute Gasteiger partial charge is 0.220 e. The van der Waals surface area contributed by atoms with Crippen LogP contribution in [0.25, 0.3) is 153 Å². The first-order chi connectivity index (χ1) is 68.9. The summed E-state index contributed by atoms with van der Waals surface area (Å²) in [5.74, 6) is -0.194. The maximum absolute atomic E-state index is 12.7. The number of benzene rings is 21. The van der Waals surface area contributed by atoms with Crippen molar-refractivity contribution in [2.75, 3.05) is 0 Å². The number of aromatic nitrogens is 6. The number of hydrogen-bond donors (Lipinski definition) is 0. The number of halogens is 1. The Kier molecular flexibility index (Phi) is 32.9. The second-order valence-electron chi connectivity index (χ2n) is 35.5. The fourth-order valence-electron chi connectivity index (χ4n) is 17.2. The van der Waals surface area contributed by atoms with Gasteiger partial charge in [0.25, 0.3) is 0 Å². The molecule has 0 spiro atoms. The molecule has 0 radical (unpaired) electrons. The SMILES string of the molecule is Cc1ccc(-c2ccc(F)cc2)cc1.Cc1ccc(-c2cccc3ccccc23)c2ccccc12.Cc1ccc(-c2cccs2)cc1.Cc1ccc(-c2cn(-c3ccccc3)nn2)cc1.Cc1ccc2c(c1)c(C)c(C)c1ccccc12.Cc1ccc2c(ccc3ccccc32)c1.Cc1cccc(-c2ccccc2)c1.Cc1cccc(-c2cn(-c3ccccc3)nn2)c1.Cc1ccccc1-c1ccccc1. The third-order valence-corrected chi connectivity index (χ3v) is 25.9. The predicted molar refractivity (Wildman–Crippen MR) is 601 cm³/mol. The lowest BCUT2D eigenvalue weighted by atomic mass is 9.92. The minimum Gasteiger partial charge on any atom is -0.220 e. The number of aryl methyl sites for hydroxylation is 11. The highest BCUT2D eigenvalue weighted by molar-refractivity contribution is 7.13. The molecule has 0 atom stereocenters. The smallest absolute Gasteiger partial charge is 0.123 e. The van der Waals surface area contributed by atoms with Crippen LogP contribution in [-0.2, 0) is 0 Å². The molecular formula is C133H115FN6S. The van der Waals surface area contributed by atoms with Gasteiger partial charge in [0.05, 0.1) is 23.8 Å². The first kappa shape index (κ1) is 97.2.